The molecule has 0 amide bonds. The van der Waals surface area contributed by atoms with Crippen molar-refractivity contribution >= 4 is 12.8 Å². The maximum atomic E-state index is 10.2. The van der Waals surface area contributed by atoms with Gasteiger partial charge in [0.15, 0.2) is 0 Å². The summed E-state index contributed by atoms with van der Waals surface area (Å²) in [6.07, 6.45) is 0. The number of rotatable bonds is 0. The van der Waals surface area contributed by atoms with Gasteiger partial charge in [0, 0.05) is 5.69 Å². The van der Waals surface area contributed by atoms with E-state index < -0.39 is 7.14 Å². The normalized spacial score (nSPS) is 9.92. The molecule has 0 saturated heterocycles. The number of nitrogens with two attached hydrogens (primary N) is 1. The molecule has 0 aliphatic rings. The lowest BCUT2D eigenvalue weighted by Gasteiger charge is -1.86. The first-order valence-electron chi connectivity index (χ1n) is 3.72. The molecule has 3 heteroatoms. The number of benzene rings is 1. The van der Waals surface area contributed by atoms with Gasteiger partial charge in [-0.1, -0.05) is 18.2 Å². The maximum absolute atomic E-state index is 10.2. The molecular weight excluding hydrogens is 169 g/mol. The Balaban J connectivity index is 0.000000217. The Labute approximate surface area is 74.2 Å². The van der Waals surface area contributed by atoms with Crippen LogP contribution < -0.4 is 5.73 Å². The van der Waals surface area contributed by atoms with Gasteiger partial charge in [0.1, 0.15) is 0 Å². The van der Waals surface area contributed by atoms with Gasteiger partial charge in [0.2, 0.25) is 0 Å². The Bertz CT molecular complexity index is 244. The van der Waals surface area contributed by atoms with Crippen LogP contribution in [0.25, 0.3) is 0 Å². The summed E-state index contributed by atoms with van der Waals surface area (Å²) < 4.78 is 10.2. The molecule has 0 saturated carbocycles. The van der Waals surface area contributed by atoms with E-state index in [2.05, 4.69) is 0 Å². The van der Waals surface area contributed by atoms with Gasteiger partial charge in [-0.15, -0.1) is 0 Å². The number of hydrogen-bond donors (Lipinski definition) is 1. The molecular formula is C9H16NOP. The third-order valence-electron chi connectivity index (χ3n) is 0.800. The molecule has 2 N–H and O–H groups in total. The highest BCUT2D eigenvalue weighted by Crippen LogP contribution is 2.28. The standard InChI is InChI=1S/C6H7N.C3H9OP/c7-6-4-2-1-3-5-6;1-5(2,3)4/h1-5H,7H2;1-3H3. The molecule has 0 spiro atoms. The van der Waals surface area contributed by atoms with Crippen LogP contribution in [0.1, 0.15) is 0 Å². The topological polar surface area (TPSA) is 43.1 Å². The van der Waals surface area contributed by atoms with E-state index in [-0.39, 0.29) is 0 Å². The Morgan fingerprint density at radius 2 is 1.42 bits per heavy atom. The molecule has 68 valence electrons. The molecule has 0 fully saturated rings. The monoisotopic (exact) mass is 185 g/mol. The van der Waals surface area contributed by atoms with E-state index in [9.17, 15) is 4.57 Å². The van der Waals surface area contributed by atoms with E-state index >= 15 is 0 Å². The van der Waals surface area contributed by atoms with Gasteiger partial charge in [-0.25, -0.2) is 0 Å². The van der Waals surface area contributed by atoms with E-state index in [4.69, 9.17) is 5.73 Å². The average molecular weight is 185 g/mol. The summed E-state index contributed by atoms with van der Waals surface area (Å²) in [7, 11) is -1.64. The van der Waals surface area contributed by atoms with E-state index in [1.165, 1.54) is 0 Å². The summed E-state index contributed by atoms with van der Waals surface area (Å²) in [5.41, 5.74) is 6.18. The number of para-hydroxylation sites is 1. The van der Waals surface area contributed by atoms with Crippen molar-refractivity contribution < 1.29 is 4.57 Å². The molecule has 0 radical (unpaired) electrons. The first kappa shape index (κ1) is 11.2. The van der Waals surface area contributed by atoms with Crippen LogP contribution in [-0.2, 0) is 4.57 Å². The minimum absolute atomic E-state index is 0.822. The molecule has 1 aromatic rings. The highest BCUT2D eigenvalue weighted by atomic mass is 31.2. The van der Waals surface area contributed by atoms with Crippen LogP contribution in [0, 0.1) is 0 Å². The van der Waals surface area contributed by atoms with Crippen LogP contribution in [0.3, 0.4) is 0 Å². The SMILES string of the molecule is CP(C)(C)=O.Nc1ccccc1. The van der Waals surface area contributed by atoms with Crippen molar-refractivity contribution in [2.75, 3.05) is 25.7 Å². The quantitative estimate of drug-likeness (QED) is 0.498. The lowest BCUT2D eigenvalue weighted by atomic mass is 10.3. The molecule has 0 heterocycles. The van der Waals surface area contributed by atoms with Crippen LogP contribution >= 0.6 is 7.14 Å². The smallest absolute Gasteiger partial charge is 0.0790 e. The van der Waals surface area contributed by atoms with Crippen molar-refractivity contribution in [2.24, 2.45) is 0 Å². The zero-order valence-corrected chi connectivity index (χ0v) is 8.71. The zero-order valence-electron chi connectivity index (χ0n) is 7.82. The van der Waals surface area contributed by atoms with Crippen molar-refractivity contribution in [3.63, 3.8) is 0 Å². The molecule has 0 aliphatic carbocycles. The number of nitrogen functional groups attached to an aromatic ring is 1. The summed E-state index contributed by atoms with van der Waals surface area (Å²) in [5.74, 6) is 0. The molecule has 12 heavy (non-hydrogen) atoms. The van der Waals surface area contributed by atoms with Crippen LogP contribution in [0.2, 0.25) is 0 Å². The highest BCUT2D eigenvalue weighted by molar-refractivity contribution is 7.61. The van der Waals surface area contributed by atoms with Gasteiger partial charge in [-0.2, -0.15) is 0 Å². The molecule has 1 rings (SSSR count). The third-order valence-corrected chi connectivity index (χ3v) is 0.800. The fourth-order valence-electron chi connectivity index (χ4n) is 0.453. The lowest BCUT2D eigenvalue weighted by Crippen LogP contribution is -1.79. The fraction of sp³-hybridized carbons (Fsp3) is 0.333. The Morgan fingerprint density at radius 1 is 1.08 bits per heavy atom. The highest BCUT2D eigenvalue weighted by Gasteiger charge is 1.89. The van der Waals surface area contributed by atoms with Gasteiger partial charge in [-0.05, 0) is 32.1 Å². The van der Waals surface area contributed by atoms with Gasteiger partial charge in [-0.3, -0.25) is 0 Å². The van der Waals surface area contributed by atoms with Crippen molar-refractivity contribution in [1.29, 1.82) is 0 Å². The second-order valence-electron chi connectivity index (χ2n) is 3.30. The van der Waals surface area contributed by atoms with E-state index in [0.29, 0.717) is 0 Å². The average Bonchev–Trinajstić information content (AvgIpc) is 1.85. The van der Waals surface area contributed by atoms with E-state index in [0.717, 1.165) is 5.69 Å². The molecule has 0 bridgehead atoms. The Hall–Kier alpha value is -0.750. The second kappa shape index (κ2) is 5.00. The first-order chi connectivity index (χ1) is 5.39. The van der Waals surface area contributed by atoms with Crippen molar-refractivity contribution in [3.05, 3.63) is 30.3 Å². The zero-order chi connectivity index (χ0) is 9.61. The molecule has 0 unspecified atom stereocenters. The third kappa shape index (κ3) is 12.0. The lowest BCUT2D eigenvalue weighted by molar-refractivity contribution is 0.586. The summed E-state index contributed by atoms with van der Waals surface area (Å²) >= 11 is 0. The van der Waals surface area contributed by atoms with Gasteiger partial charge in [0.05, 0.1) is 7.14 Å². The minimum atomic E-state index is -1.64. The van der Waals surface area contributed by atoms with E-state index in [1.54, 1.807) is 20.0 Å². The molecule has 0 aliphatic heterocycles. The molecule has 2 nitrogen and oxygen atoms in total. The largest absolute Gasteiger partial charge is 0.399 e. The van der Waals surface area contributed by atoms with Crippen LogP contribution in [0.4, 0.5) is 5.69 Å². The summed E-state index contributed by atoms with van der Waals surface area (Å²) in [6.45, 7) is 5.23. The minimum Gasteiger partial charge on any atom is -0.399 e. The Kier molecular flexibility index (Phi) is 4.68. The predicted molar refractivity (Wildman–Crippen MR) is 56.2 cm³/mol. The van der Waals surface area contributed by atoms with Crippen molar-refractivity contribution in [3.8, 4) is 0 Å². The summed E-state index contributed by atoms with van der Waals surface area (Å²) in [4.78, 5) is 0. The maximum Gasteiger partial charge on any atom is 0.0790 e. The van der Waals surface area contributed by atoms with Crippen LogP contribution in [0.15, 0.2) is 30.3 Å². The second-order valence-corrected chi connectivity index (χ2v) is 7.08. The predicted octanol–water partition coefficient (Wildman–Crippen LogP) is 2.51. The van der Waals surface area contributed by atoms with Crippen LogP contribution in [-0.4, -0.2) is 20.0 Å². The number of anilines is 1. The van der Waals surface area contributed by atoms with Crippen LogP contribution in [0.5, 0.6) is 0 Å². The van der Waals surface area contributed by atoms with Gasteiger partial charge < -0.3 is 10.3 Å². The van der Waals surface area contributed by atoms with Gasteiger partial charge >= 0.3 is 0 Å². The molecule has 0 aromatic heterocycles. The summed E-state index contributed by atoms with van der Waals surface area (Å²) in [5, 5.41) is 0. The Morgan fingerprint density at radius 3 is 1.58 bits per heavy atom. The molecule has 0 atom stereocenters. The fourth-order valence-corrected chi connectivity index (χ4v) is 0.453. The van der Waals surface area contributed by atoms with E-state index in [1.807, 2.05) is 30.3 Å². The van der Waals surface area contributed by atoms with Gasteiger partial charge in [0.25, 0.3) is 0 Å². The summed E-state index contributed by atoms with van der Waals surface area (Å²) in [6, 6.07) is 9.49. The first-order valence-corrected chi connectivity index (χ1v) is 6.77. The van der Waals surface area contributed by atoms with Crippen molar-refractivity contribution in [1.82, 2.24) is 0 Å². The van der Waals surface area contributed by atoms with Crippen molar-refractivity contribution in [2.45, 2.75) is 0 Å². The number of hydrogen-bond acceptors (Lipinski definition) is 2. The molecule has 1 aromatic carbocycles.